The maximum absolute atomic E-state index is 9.73. The molecular weight excluding hydrogens is 471 g/mol. The van der Waals surface area contributed by atoms with Gasteiger partial charge in [0.05, 0.1) is 36.5 Å². The largest absolute Gasteiger partial charge is 0.441 e. The summed E-state index contributed by atoms with van der Waals surface area (Å²) in [6.45, 7) is 9.49. The molecule has 4 aromatic rings. The summed E-state index contributed by atoms with van der Waals surface area (Å²) in [5.74, 6) is 1.36. The van der Waals surface area contributed by atoms with Crippen molar-refractivity contribution < 1.29 is 18.9 Å². The van der Waals surface area contributed by atoms with Crippen molar-refractivity contribution in [1.82, 2.24) is 9.97 Å². The van der Waals surface area contributed by atoms with Crippen LogP contribution in [0.2, 0.25) is 0 Å². The van der Waals surface area contributed by atoms with Crippen molar-refractivity contribution in [3.8, 4) is 22.9 Å². The second kappa shape index (κ2) is 10.3. The lowest BCUT2D eigenvalue weighted by atomic mass is 9.95. The van der Waals surface area contributed by atoms with Crippen molar-refractivity contribution >= 4 is 24.7 Å². The highest BCUT2D eigenvalue weighted by molar-refractivity contribution is 7.56. The quantitative estimate of drug-likeness (QED) is 0.236. The number of rotatable bonds is 10. The molecule has 0 atom stereocenters. The summed E-state index contributed by atoms with van der Waals surface area (Å²) < 4.78 is 17.9. The number of aryl methyl sites for hydroxylation is 2. The van der Waals surface area contributed by atoms with E-state index < -0.39 is 8.38 Å². The molecule has 0 spiro atoms. The van der Waals surface area contributed by atoms with Crippen LogP contribution in [0.5, 0.6) is 11.6 Å². The number of benzene rings is 2. The molecule has 2 aromatic carbocycles. The number of aromatic nitrogens is 2. The van der Waals surface area contributed by atoms with Gasteiger partial charge in [-0.15, -0.1) is 0 Å². The van der Waals surface area contributed by atoms with Gasteiger partial charge in [-0.3, -0.25) is 0 Å². The molecule has 36 heavy (non-hydrogen) atoms. The van der Waals surface area contributed by atoms with E-state index in [0.29, 0.717) is 19.1 Å². The number of aliphatic hydroxyl groups is 1. The minimum Gasteiger partial charge on any atom is -0.441 e. The van der Waals surface area contributed by atoms with Gasteiger partial charge in [-0.25, -0.2) is 4.98 Å². The van der Waals surface area contributed by atoms with E-state index in [2.05, 4.69) is 49.2 Å². The molecule has 0 aliphatic heterocycles. The van der Waals surface area contributed by atoms with Crippen LogP contribution in [-0.4, -0.2) is 34.9 Å². The third-order valence-corrected chi connectivity index (χ3v) is 8.65. The van der Waals surface area contributed by atoms with Crippen molar-refractivity contribution in [3.05, 3.63) is 71.3 Å². The molecule has 0 unspecified atom stereocenters. The highest BCUT2D eigenvalue weighted by atomic mass is 31.2. The molecule has 2 heterocycles. The number of H-pyrrole nitrogens is 1. The van der Waals surface area contributed by atoms with Crippen LogP contribution < -0.4 is 10.0 Å². The molecule has 6 nitrogen and oxygen atoms in total. The minimum atomic E-state index is -1.15. The second-order valence-corrected chi connectivity index (χ2v) is 10.9. The van der Waals surface area contributed by atoms with Crippen LogP contribution in [0.1, 0.15) is 43.4 Å². The van der Waals surface area contributed by atoms with Gasteiger partial charge in [0.25, 0.3) is 0 Å². The standard InChI is InChI=1S/C29H33N2O4P/c1-5-33-36(34-6-2)26-16-23(12-7-19(26)3)35-27-17-25-24(30-27)15-20(4)28(31-25)21-8-10-22(11-9-21)29(18-32)13-14-29/h7-12,15-17,30,32H,5-6,13-14,18H2,1-4H3. The molecule has 1 saturated carbocycles. The monoisotopic (exact) mass is 504 g/mol. The number of pyridine rings is 1. The van der Waals surface area contributed by atoms with Gasteiger partial charge < -0.3 is 23.9 Å². The van der Waals surface area contributed by atoms with Gasteiger partial charge in [-0.1, -0.05) is 30.3 Å². The first-order valence-corrected chi connectivity index (χ1v) is 13.7. The van der Waals surface area contributed by atoms with E-state index in [-0.39, 0.29) is 12.0 Å². The Labute approximate surface area is 213 Å². The van der Waals surface area contributed by atoms with Crippen molar-refractivity contribution in [2.45, 2.75) is 46.0 Å². The fourth-order valence-corrected chi connectivity index (χ4v) is 5.95. The molecule has 1 aliphatic rings. The second-order valence-electron chi connectivity index (χ2n) is 9.38. The maximum atomic E-state index is 9.73. The molecule has 5 rings (SSSR count). The van der Waals surface area contributed by atoms with Gasteiger partial charge in [0.2, 0.25) is 8.38 Å². The topological polar surface area (TPSA) is 76.6 Å². The fourth-order valence-electron chi connectivity index (χ4n) is 4.54. The number of nitrogens with zero attached hydrogens (tertiary/aromatic N) is 1. The highest BCUT2D eigenvalue weighted by Gasteiger charge is 2.43. The van der Waals surface area contributed by atoms with E-state index >= 15 is 0 Å². The zero-order valence-corrected chi connectivity index (χ0v) is 22.2. The smallest absolute Gasteiger partial charge is 0.205 e. The molecule has 1 aliphatic carbocycles. The first kappa shape index (κ1) is 24.9. The van der Waals surface area contributed by atoms with E-state index in [4.69, 9.17) is 18.8 Å². The Kier molecular flexibility index (Phi) is 7.14. The molecule has 0 radical (unpaired) electrons. The Hall–Kier alpha value is -2.76. The van der Waals surface area contributed by atoms with Crippen LogP contribution in [0.3, 0.4) is 0 Å². The number of aliphatic hydroxyl groups excluding tert-OH is 1. The summed E-state index contributed by atoms with van der Waals surface area (Å²) in [6, 6.07) is 18.5. The maximum Gasteiger partial charge on any atom is 0.205 e. The fraction of sp³-hybridized carbons (Fsp3) is 0.345. The third kappa shape index (κ3) is 4.91. The predicted molar refractivity (Wildman–Crippen MR) is 145 cm³/mol. The van der Waals surface area contributed by atoms with E-state index in [9.17, 15) is 5.11 Å². The third-order valence-electron chi connectivity index (χ3n) is 6.79. The normalized spacial score (nSPS) is 14.5. The van der Waals surface area contributed by atoms with Crippen molar-refractivity contribution in [2.24, 2.45) is 0 Å². The van der Waals surface area contributed by atoms with Crippen LogP contribution in [0.4, 0.5) is 0 Å². The van der Waals surface area contributed by atoms with E-state index in [1.54, 1.807) is 0 Å². The average Bonchev–Trinajstić information content (AvgIpc) is 3.59. The summed E-state index contributed by atoms with van der Waals surface area (Å²) in [7, 11) is -1.15. The molecule has 0 saturated heterocycles. The molecule has 0 bridgehead atoms. The van der Waals surface area contributed by atoms with E-state index in [0.717, 1.165) is 57.3 Å². The van der Waals surface area contributed by atoms with Crippen LogP contribution >= 0.6 is 8.38 Å². The van der Waals surface area contributed by atoms with Crippen LogP contribution in [-0.2, 0) is 14.5 Å². The lowest BCUT2D eigenvalue weighted by molar-refractivity contribution is 0.255. The number of aromatic amines is 1. The molecule has 188 valence electrons. The molecule has 0 amide bonds. The Morgan fingerprint density at radius 1 is 0.944 bits per heavy atom. The van der Waals surface area contributed by atoms with Gasteiger partial charge in [0.1, 0.15) is 5.75 Å². The van der Waals surface area contributed by atoms with E-state index in [1.165, 1.54) is 5.56 Å². The number of nitrogens with one attached hydrogen (secondary N) is 1. The summed E-state index contributed by atoms with van der Waals surface area (Å²) in [5, 5.41) is 10.8. The Morgan fingerprint density at radius 2 is 1.67 bits per heavy atom. The van der Waals surface area contributed by atoms with Crippen LogP contribution in [0.25, 0.3) is 22.3 Å². The summed E-state index contributed by atoms with van der Waals surface area (Å²) >= 11 is 0. The van der Waals surface area contributed by atoms with Gasteiger partial charge in [-0.2, -0.15) is 0 Å². The SMILES string of the molecule is CCOP(OCC)c1cc(Oc2cc3nc(-c4ccc(C5(CO)CC5)cc4)c(C)cc3[nH]2)ccc1C. The average molecular weight is 505 g/mol. The Bertz CT molecular complexity index is 1360. The van der Waals surface area contributed by atoms with Crippen LogP contribution in [0, 0.1) is 13.8 Å². The predicted octanol–water partition coefficient (Wildman–Crippen LogP) is 6.67. The molecule has 2 aromatic heterocycles. The summed E-state index contributed by atoms with van der Waals surface area (Å²) in [6.07, 6.45) is 2.11. The summed E-state index contributed by atoms with van der Waals surface area (Å²) in [5.41, 5.74) is 7.18. The zero-order chi connectivity index (χ0) is 25.3. The van der Waals surface area contributed by atoms with Crippen LogP contribution in [0.15, 0.2) is 54.6 Å². The molecule has 7 heteroatoms. The van der Waals surface area contributed by atoms with Crippen molar-refractivity contribution in [1.29, 1.82) is 0 Å². The number of fused-ring (bicyclic) bond motifs is 1. The number of hydrogen-bond acceptors (Lipinski definition) is 5. The molecular formula is C29H33N2O4P. The first-order chi connectivity index (χ1) is 17.5. The minimum absolute atomic E-state index is 0.0276. The number of ether oxygens (including phenoxy) is 1. The lowest BCUT2D eigenvalue weighted by Crippen LogP contribution is -2.11. The lowest BCUT2D eigenvalue weighted by Gasteiger charge is -2.18. The van der Waals surface area contributed by atoms with Gasteiger partial charge in [0, 0.05) is 22.3 Å². The van der Waals surface area contributed by atoms with E-state index in [1.807, 2.05) is 38.1 Å². The van der Waals surface area contributed by atoms with Gasteiger partial charge in [0.15, 0.2) is 5.88 Å². The summed E-state index contributed by atoms with van der Waals surface area (Å²) in [4.78, 5) is 8.30. The van der Waals surface area contributed by atoms with Crippen molar-refractivity contribution in [3.63, 3.8) is 0 Å². The first-order valence-electron chi connectivity index (χ1n) is 12.5. The molecule has 2 N–H and O–H groups in total. The van der Waals surface area contributed by atoms with Crippen molar-refractivity contribution in [2.75, 3.05) is 19.8 Å². The highest BCUT2D eigenvalue weighted by Crippen LogP contribution is 2.48. The Morgan fingerprint density at radius 3 is 2.31 bits per heavy atom. The zero-order valence-electron chi connectivity index (χ0n) is 21.3. The molecule has 1 fully saturated rings. The number of hydrogen-bond donors (Lipinski definition) is 2. The van der Waals surface area contributed by atoms with Gasteiger partial charge in [-0.05, 0) is 75.4 Å². The Balaban J connectivity index is 1.40. The van der Waals surface area contributed by atoms with Gasteiger partial charge >= 0.3 is 0 Å².